The SMILES string of the molecule is O=C(CCc1ccc(Cl)cc1)Nc1ccc(Br)cc1F. The zero-order valence-corrected chi connectivity index (χ0v) is 12.8. The monoisotopic (exact) mass is 355 g/mol. The van der Waals surface area contributed by atoms with Gasteiger partial charge in [-0.25, -0.2) is 4.39 Å². The first-order chi connectivity index (χ1) is 9.54. The van der Waals surface area contributed by atoms with Crippen LogP contribution in [0, 0.1) is 5.82 Å². The smallest absolute Gasteiger partial charge is 0.224 e. The molecule has 0 bridgehead atoms. The third kappa shape index (κ3) is 4.32. The highest BCUT2D eigenvalue weighted by molar-refractivity contribution is 9.10. The third-order valence-electron chi connectivity index (χ3n) is 2.76. The van der Waals surface area contributed by atoms with Crippen molar-refractivity contribution >= 4 is 39.1 Å². The lowest BCUT2D eigenvalue weighted by molar-refractivity contribution is -0.116. The summed E-state index contributed by atoms with van der Waals surface area (Å²) < 4.78 is 14.2. The van der Waals surface area contributed by atoms with Crippen LogP contribution in [0.3, 0.4) is 0 Å². The molecule has 0 fully saturated rings. The molecule has 1 amide bonds. The zero-order valence-electron chi connectivity index (χ0n) is 10.5. The van der Waals surface area contributed by atoms with Crippen LogP contribution < -0.4 is 5.32 Å². The second kappa shape index (κ2) is 6.86. The number of halogens is 3. The van der Waals surface area contributed by atoms with E-state index in [1.165, 1.54) is 12.1 Å². The van der Waals surface area contributed by atoms with Crippen LogP contribution in [-0.4, -0.2) is 5.91 Å². The highest BCUT2D eigenvalue weighted by atomic mass is 79.9. The topological polar surface area (TPSA) is 29.1 Å². The molecule has 2 aromatic rings. The lowest BCUT2D eigenvalue weighted by atomic mass is 10.1. The summed E-state index contributed by atoms with van der Waals surface area (Å²) in [6.45, 7) is 0. The second-order valence-electron chi connectivity index (χ2n) is 4.30. The van der Waals surface area contributed by atoms with Gasteiger partial charge in [0.2, 0.25) is 5.91 Å². The number of anilines is 1. The normalized spacial score (nSPS) is 10.3. The minimum Gasteiger partial charge on any atom is -0.324 e. The van der Waals surface area contributed by atoms with Crippen molar-refractivity contribution in [2.24, 2.45) is 0 Å². The number of carbonyl (C=O) groups excluding carboxylic acids is 1. The Balaban J connectivity index is 1.90. The number of carbonyl (C=O) groups is 1. The first-order valence-corrected chi connectivity index (χ1v) is 7.21. The maximum absolute atomic E-state index is 13.6. The van der Waals surface area contributed by atoms with E-state index in [0.29, 0.717) is 15.9 Å². The van der Waals surface area contributed by atoms with Crippen molar-refractivity contribution in [3.63, 3.8) is 0 Å². The van der Waals surface area contributed by atoms with E-state index in [0.717, 1.165) is 5.56 Å². The molecule has 20 heavy (non-hydrogen) atoms. The first kappa shape index (κ1) is 15.0. The van der Waals surface area contributed by atoms with Gasteiger partial charge in [0.05, 0.1) is 5.69 Å². The van der Waals surface area contributed by atoms with Gasteiger partial charge in [-0.05, 0) is 42.3 Å². The predicted octanol–water partition coefficient (Wildman–Crippen LogP) is 4.81. The fourth-order valence-corrected chi connectivity index (χ4v) is 2.17. The van der Waals surface area contributed by atoms with Crippen molar-refractivity contribution in [1.29, 1.82) is 0 Å². The largest absolute Gasteiger partial charge is 0.324 e. The van der Waals surface area contributed by atoms with Crippen molar-refractivity contribution < 1.29 is 9.18 Å². The van der Waals surface area contributed by atoms with Gasteiger partial charge in [-0.2, -0.15) is 0 Å². The summed E-state index contributed by atoms with van der Waals surface area (Å²) >= 11 is 8.95. The molecule has 0 aromatic heterocycles. The Hall–Kier alpha value is -1.39. The lowest BCUT2D eigenvalue weighted by Gasteiger charge is -2.07. The van der Waals surface area contributed by atoms with Gasteiger partial charge in [0.25, 0.3) is 0 Å². The molecule has 104 valence electrons. The number of nitrogens with one attached hydrogen (secondary N) is 1. The zero-order chi connectivity index (χ0) is 14.5. The van der Waals surface area contributed by atoms with Crippen molar-refractivity contribution in [3.05, 3.63) is 63.3 Å². The number of hydrogen-bond donors (Lipinski definition) is 1. The van der Waals surface area contributed by atoms with E-state index < -0.39 is 5.82 Å². The molecule has 2 aromatic carbocycles. The Morgan fingerprint density at radius 3 is 2.55 bits per heavy atom. The third-order valence-corrected chi connectivity index (χ3v) is 3.50. The van der Waals surface area contributed by atoms with E-state index in [9.17, 15) is 9.18 Å². The Bertz CT molecular complexity index is 616. The molecular formula is C15H12BrClFNO. The molecule has 0 spiro atoms. The van der Waals surface area contributed by atoms with Gasteiger partial charge in [0.1, 0.15) is 5.82 Å². The lowest BCUT2D eigenvalue weighted by Crippen LogP contribution is -2.13. The van der Waals surface area contributed by atoms with Gasteiger partial charge in [-0.3, -0.25) is 4.79 Å². The highest BCUT2D eigenvalue weighted by Crippen LogP contribution is 2.19. The average molecular weight is 357 g/mol. The summed E-state index contributed by atoms with van der Waals surface area (Å²) in [6.07, 6.45) is 0.873. The van der Waals surface area contributed by atoms with Gasteiger partial charge in [0.15, 0.2) is 0 Å². The van der Waals surface area contributed by atoms with E-state index in [4.69, 9.17) is 11.6 Å². The molecule has 2 rings (SSSR count). The van der Waals surface area contributed by atoms with Gasteiger partial charge in [0, 0.05) is 15.9 Å². The number of amides is 1. The highest BCUT2D eigenvalue weighted by Gasteiger charge is 2.07. The summed E-state index contributed by atoms with van der Waals surface area (Å²) in [5.74, 6) is -0.680. The molecule has 0 aliphatic carbocycles. The summed E-state index contributed by atoms with van der Waals surface area (Å²) in [5, 5.41) is 3.22. The number of rotatable bonds is 4. The summed E-state index contributed by atoms with van der Waals surface area (Å²) in [7, 11) is 0. The minimum atomic E-state index is -0.459. The van der Waals surface area contributed by atoms with E-state index >= 15 is 0 Å². The Kier molecular flexibility index (Phi) is 5.15. The van der Waals surface area contributed by atoms with Crippen LogP contribution in [0.2, 0.25) is 5.02 Å². The molecule has 0 saturated carbocycles. The van der Waals surface area contributed by atoms with Crippen LogP contribution in [0.25, 0.3) is 0 Å². The predicted molar refractivity (Wildman–Crippen MR) is 82.5 cm³/mol. The van der Waals surface area contributed by atoms with Gasteiger partial charge in [-0.1, -0.05) is 39.7 Å². The van der Waals surface area contributed by atoms with Crippen LogP contribution in [0.1, 0.15) is 12.0 Å². The maximum atomic E-state index is 13.6. The summed E-state index contributed by atoms with van der Waals surface area (Å²) in [6, 6.07) is 11.8. The van der Waals surface area contributed by atoms with Gasteiger partial charge < -0.3 is 5.32 Å². The maximum Gasteiger partial charge on any atom is 0.224 e. The van der Waals surface area contributed by atoms with Crippen LogP contribution in [0.5, 0.6) is 0 Å². The van der Waals surface area contributed by atoms with Gasteiger partial charge >= 0.3 is 0 Å². The standard InChI is InChI=1S/C15H12BrClFNO/c16-11-4-7-14(13(18)9-11)19-15(20)8-3-10-1-5-12(17)6-2-10/h1-2,4-7,9H,3,8H2,(H,19,20). The van der Waals surface area contributed by atoms with Crippen molar-refractivity contribution in [3.8, 4) is 0 Å². The molecular weight excluding hydrogens is 345 g/mol. The molecule has 2 nitrogen and oxygen atoms in total. The summed E-state index contributed by atoms with van der Waals surface area (Å²) in [5.41, 5.74) is 1.20. The molecule has 0 atom stereocenters. The quantitative estimate of drug-likeness (QED) is 0.836. The molecule has 0 heterocycles. The Labute approximate surface area is 130 Å². The number of benzene rings is 2. The van der Waals surface area contributed by atoms with Crippen LogP contribution >= 0.6 is 27.5 Å². The van der Waals surface area contributed by atoms with Crippen LogP contribution in [0.4, 0.5) is 10.1 Å². The molecule has 0 radical (unpaired) electrons. The van der Waals surface area contributed by atoms with Gasteiger partial charge in [-0.15, -0.1) is 0 Å². The van der Waals surface area contributed by atoms with Crippen molar-refractivity contribution in [2.45, 2.75) is 12.8 Å². The van der Waals surface area contributed by atoms with E-state index in [1.54, 1.807) is 18.2 Å². The van der Waals surface area contributed by atoms with E-state index in [-0.39, 0.29) is 18.0 Å². The van der Waals surface area contributed by atoms with E-state index in [1.807, 2.05) is 12.1 Å². The molecule has 0 aliphatic heterocycles. The summed E-state index contributed by atoms with van der Waals surface area (Å²) in [4.78, 5) is 11.8. The van der Waals surface area contributed by atoms with Crippen molar-refractivity contribution in [2.75, 3.05) is 5.32 Å². The first-order valence-electron chi connectivity index (χ1n) is 6.04. The van der Waals surface area contributed by atoms with Crippen LogP contribution in [0.15, 0.2) is 46.9 Å². The Morgan fingerprint density at radius 2 is 1.90 bits per heavy atom. The fraction of sp³-hybridized carbons (Fsp3) is 0.133. The number of aryl methyl sites for hydroxylation is 1. The molecule has 1 N–H and O–H groups in total. The average Bonchev–Trinajstić information content (AvgIpc) is 2.41. The van der Waals surface area contributed by atoms with Crippen molar-refractivity contribution in [1.82, 2.24) is 0 Å². The second-order valence-corrected chi connectivity index (χ2v) is 5.65. The minimum absolute atomic E-state index is 0.189. The molecule has 0 unspecified atom stereocenters. The van der Waals surface area contributed by atoms with Crippen LogP contribution in [-0.2, 0) is 11.2 Å². The molecule has 0 aliphatic rings. The number of hydrogen-bond acceptors (Lipinski definition) is 1. The fourth-order valence-electron chi connectivity index (χ4n) is 1.71. The van der Waals surface area contributed by atoms with E-state index in [2.05, 4.69) is 21.2 Å². The Morgan fingerprint density at radius 1 is 1.20 bits per heavy atom. The molecule has 5 heteroatoms. The molecule has 0 saturated heterocycles.